The predicted molar refractivity (Wildman–Crippen MR) is 247 cm³/mol. The zero-order chi connectivity index (χ0) is 40.9. The van der Waals surface area contributed by atoms with Gasteiger partial charge in [0.05, 0.1) is 25.4 Å². The molecule has 2 aliphatic carbocycles. The molecule has 6 heterocycles. The number of hydrogen-bond acceptors (Lipinski definition) is 8. The van der Waals surface area contributed by atoms with Crippen LogP contribution >= 0.6 is 0 Å². The van der Waals surface area contributed by atoms with E-state index < -0.39 is 19.4 Å². The first-order valence-corrected chi connectivity index (χ1v) is 26.5. The van der Waals surface area contributed by atoms with Crippen molar-refractivity contribution in [3.05, 3.63) is 59.7 Å². The third-order valence-corrected chi connectivity index (χ3v) is 15.2. The number of rotatable bonds is 6. The van der Waals surface area contributed by atoms with E-state index >= 15 is 0 Å². The molecule has 6 aliphatic heterocycles. The second kappa shape index (κ2) is 20.8. The van der Waals surface area contributed by atoms with Gasteiger partial charge in [0.2, 0.25) is 0 Å². The van der Waals surface area contributed by atoms with Crippen LogP contribution in [-0.2, 0) is 28.9 Å². The van der Waals surface area contributed by atoms with E-state index in [0.29, 0.717) is 37.3 Å². The molecule has 59 heavy (non-hydrogen) atoms. The fourth-order valence-corrected chi connectivity index (χ4v) is 12.3. The largest absolute Gasteiger partial charge is 0.489 e. The van der Waals surface area contributed by atoms with Gasteiger partial charge in [-0.25, -0.2) is 9.44 Å². The van der Waals surface area contributed by atoms with Crippen LogP contribution in [0.25, 0.3) is 0 Å². The first kappa shape index (κ1) is 46.3. The maximum absolute atomic E-state index is 12.3. The molecular weight excluding hydrogens is 781 g/mol. The Balaban J connectivity index is 0.000000195. The monoisotopic (exact) mass is 857 g/mol. The average molecular weight is 857 g/mol. The van der Waals surface area contributed by atoms with Gasteiger partial charge in [-0.1, -0.05) is 57.7 Å². The maximum Gasteiger partial charge on any atom is 0.123 e. The Kier molecular flexibility index (Phi) is 16.3. The van der Waals surface area contributed by atoms with Gasteiger partial charge in [-0.3, -0.25) is 18.2 Å². The Bertz CT molecular complexity index is 1710. The number of para-hydroxylation sites is 2. The van der Waals surface area contributed by atoms with Crippen molar-refractivity contribution >= 4 is 31.2 Å². The summed E-state index contributed by atoms with van der Waals surface area (Å²) < 4.78 is 57.2. The molecule has 10 nitrogen and oxygen atoms in total. The molecule has 2 aromatic carbocycles. The van der Waals surface area contributed by atoms with E-state index in [9.17, 15) is 8.42 Å². The summed E-state index contributed by atoms with van der Waals surface area (Å²) in [5, 5.41) is 0. The summed E-state index contributed by atoms with van der Waals surface area (Å²) in [6.45, 7) is 9.44. The van der Waals surface area contributed by atoms with Gasteiger partial charge >= 0.3 is 0 Å². The lowest BCUT2D eigenvalue weighted by molar-refractivity contribution is -0.00980. The minimum atomic E-state index is -2.25. The quantitative estimate of drug-likeness (QED) is 0.299. The molecule has 0 radical (unpaired) electrons. The van der Waals surface area contributed by atoms with Crippen LogP contribution in [0.15, 0.2) is 48.5 Å². The highest BCUT2D eigenvalue weighted by molar-refractivity contribution is 7.98. The van der Waals surface area contributed by atoms with Crippen molar-refractivity contribution in [2.24, 2.45) is 0 Å². The van der Waals surface area contributed by atoms with Crippen LogP contribution < -0.4 is 18.9 Å². The molecule has 2 saturated heterocycles. The van der Waals surface area contributed by atoms with Crippen LogP contribution in [0.2, 0.25) is 0 Å². The van der Waals surface area contributed by atoms with E-state index in [4.69, 9.17) is 18.9 Å². The normalized spacial score (nSPS) is 34.7. The molecule has 0 aromatic heterocycles. The van der Waals surface area contributed by atoms with Crippen LogP contribution in [0.1, 0.15) is 121 Å². The van der Waals surface area contributed by atoms with Gasteiger partial charge in [0.25, 0.3) is 0 Å². The zero-order valence-corrected chi connectivity index (χ0v) is 37.3. The Morgan fingerprint density at radius 1 is 0.610 bits per heavy atom. The van der Waals surface area contributed by atoms with Crippen molar-refractivity contribution in [2.75, 3.05) is 51.9 Å². The molecule has 2 saturated carbocycles. The highest BCUT2D eigenvalue weighted by Crippen LogP contribution is 2.41. The summed E-state index contributed by atoms with van der Waals surface area (Å²) >= 11 is 0. The minimum Gasteiger partial charge on any atom is -0.489 e. The van der Waals surface area contributed by atoms with Crippen LogP contribution in [0.3, 0.4) is 0 Å². The van der Waals surface area contributed by atoms with Crippen molar-refractivity contribution in [2.45, 2.75) is 159 Å². The summed E-state index contributed by atoms with van der Waals surface area (Å²) in [6.07, 6.45) is 17.2. The van der Waals surface area contributed by atoms with E-state index in [1.807, 2.05) is 0 Å². The zero-order valence-electron chi connectivity index (χ0n) is 35.7. The van der Waals surface area contributed by atoms with Crippen molar-refractivity contribution in [1.29, 1.82) is 0 Å². The van der Waals surface area contributed by atoms with E-state index in [1.54, 1.807) is 12.5 Å². The lowest BCUT2D eigenvalue weighted by Gasteiger charge is -2.33. The van der Waals surface area contributed by atoms with Crippen molar-refractivity contribution < 1.29 is 27.4 Å². The number of ether oxygens (including phenoxy) is 4. The number of nitrogens with one attached hydrogen (secondary N) is 2. The van der Waals surface area contributed by atoms with Crippen molar-refractivity contribution in [3.63, 3.8) is 0 Å². The molecule has 10 rings (SSSR count). The SMILES string of the molecule is C.C=S(C)(=O)NC1CCN2C[C@@H](CC)Oc3ccccc3C3CCC(CC3)OCC12.C=S(C)(=O)NC1CCN2C[C@H](CC)Oc3ccccc3C3CCC(CC3)OCC12. The predicted octanol–water partition coefficient (Wildman–Crippen LogP) is 7.02. The van der Waals surface area contributed by atoms with Crippen molar-refractivity contribution in [3.8, 4) is 11.5 Å². The van der Waals surface area contributed by atoms with Crippen LogP contribution in [0.4, 0.5) is 0 Å². The smallest absolute Gasteiger partial charge is 0.123 e. The summed E-state index contributed by atoms with van der Waals surface area (Å²) in [5.41, 5.74) is 2.73. The van der Waals surface area contributed by atoms with Crippen molar-refractivity contribution in [1.82, 2.24) is 19.2 Å². The Labute approximate surface area is 358 Å². The molecule has 8 atom stereocenters. The summed E-state index contributed by atoms with van der Waals surface area (Å²) in [7, 11) is -4.50. The maximum atomic E-state index is 12.3. The van der Waals surface area contributed by atoms with Gasteiger partial charge in [0, 0.05) is 82.3 Å². The molecule has 4 fully saturated rings. The van der Waals surface area contributed by atoms with E-state index in [2.05, 4.69) is 93.4 Å². The molecular formula is C47H76N4O6S2. The molecule has 2 aromatic rings. The van der Waals surface area contributed by atoms with Gasteiger partial charge in [-0.05, 0) is 124 Å². The number of nitrogens with zero attached hydrogens (tertiary/aromatic N) is 2. The fourth-order valence-electron chi connectivity index (χ4n) is 10.4. The molecule has 332 valence electrons. The third-order valence-electron chi connectivity index (χ3n) is 13.6. The van der Waals surface area contributed by atoms with Gasteiger partial charge < -0.3 is 18.9 Å². The Hall–Kier alpha value is -2.16. The van der Waals surface area contributed by atoms with Crippen LogP contribution in [0, 0.1) is 0 Å². The van der Waals surface area contributed by atoms with Crippen LogP contribution in [-0.4, -0.2) is 130 Å². The molecule has 0 amide bonds. The van der Waals surface area contributed by atoms with E-state index in [-0.39, 0.29) is 43.8 Å². The standard InChI is InChI=1S/2C23H36N2O3S.CH4/c2*1-4-18-15-25-14-13-21(24-29(2,3)26)22(25)16-27-19-11-9-17(10-12-19)20-7-5-6-8-23(20)28-18;/h2*5-8,17-19,21-22H,2,4,9-16H2,1,3H3,(H,24,26);1H4/t2*17?,18-,19?,21?,22?,29?;/m10./s1. The topological polar surface area (TPSA) is 102 Å². The molecule has 2 N–H and O–H groups in total. The Morgan fingerprint density at radius 3 is 1.34 bits per heavy atom. The fraction of sp³-hybridized carbons (Fsp3) is 0.702. The molecule has 12 heteroatoms. The molecule has 0 spiro atoms. The minimum absolute atomic E-state index is 0. The first-order chi connectivity index (χ1) is 27.9. The lowest BCUT2D eigenvalue weighted by atomic mass is 9.82. The first-order valence-electron chi connectivity index (χ1n) is 22.3. The van der Waals surface area contributed by atoms with Gasteiger partial charge in [0.15, 0.2) is 0 Å². The highest BCUT2D eigenvalue weighted by atomic mass is 32.2. The average Bonchev–Trinajstić information content (AvgIpc) is 3.76. The number of hydrogen-bond donors (Lipinski definition) is 2. The molecule has 6 unspecified atom stereocenters. The number of benzene rings is 2. The molecule has 4 bridgehead atoms. The second-order valence-electron chi connectivity index (χ2n) is 18.1. The molecule has 8 aliphatic rings. The summed E-state index contributed by atoms with van der Waals surface area (Å²) in [4.78, 5) is 4.95. The van der Waals surface area contributed by atoms with Gasteiger partial charge in [-0.2, -0.15) is 0 Å². The van der Waals surface area contributed by atoms with Gasteiger partial charge in [0.1, 0.15) is 23.7 Å². The lowest BCUT2D eigenvalue weighted by Crippen LogP contribution is -2.49. The van der Waals surface area contributed by atoms with E-state index in [1.165, 1.54) is 11.1 Å². The van der Waals surface area contributed by atoms with E-state index in [0.717, 1.165) is 115 Å². The van der Waals surface area contributed by atoms with Crippen LogP contribution in [0.5, 0.6) is 11.5 Å². The highest BCUT2D eigenvalue weighted by Gasteiger charge is 2.39. The second-order valence-corrected chi connectivity index (χ2v) is 22.6. The summed E-state index contributed by atoms with van der Waals surface area (Å²) in [6, 6.07) is 17.9. The summed E-state index contributed by atoms with van der Waals surface area (Å²) in [5.74, 6) is 10.9. The Morgan fingerprint density at radius 2 is 0.983 bits per heavy atom. The van der Waals surface area contributed by atoms with Gasteiger partial charge in [-0.15, -0.1) is 0 Å². The number of fused-ring (bicyclic) bond motifs is 10. The third kappa shape index (κ3) is 12.5.